The standard InChI is InChI=1S/C21H25N3O2/c1-21(2,3)26-20(25)23-18-14-19(24(4)5)16(13-17(18)22)12-11-15-9-7-6-8-10-15/h6-10,13-14H,22H2,1-5H3,(H,23,25). The highest BCUT2D eigenvalue weighted by molar-refractivity contribution is 5.91. The van der Waals surface area contributed by atoms with Gasteiger partial charge in [-0.15, -0.1) is 0 Å². The van der Waals surface area contributed by atoms with Crippen molar-refractivity contribution >= 4 is 23.2 Å². The summed E-state index contributed by atoms with van der Waals surface area (Å²) in [7, 11) is 3.83. The molecule has 0 spiro atoms. The predicted molar refractivity (Wildman–Crippen MR) is 107 cm³/mol. The van der Waals surface area contributed by atoms with Crippen molar-refractivity contribution in [3.05, 3.63) is 53.6 Å². The molecule has 1 amide bonds. The number of rotatable bonds is 2. The van der Waals surface area contributed by atoms with Crippen LogP contribution in [0.2, 0.25) is 0 Å². The third-order valence-electron chi connectivity index (χ3n) is 3.40. The van der Waals surface area contributed by atoms with Crippen molar-refractivity contribution in [1.29, 1.82) is 0 Å². The lowest BCUT2D eigenvalue weighted by Crippen LogP contribution is -2.27. The number of carbonyl (C=O) groups excluding carboxylic acids is 1. The van der Waals surface area contributed by atoms with E-state index in [0.717, 1.165) is 16.8 Å². The third kappa shape index (κ3) is 5.45. The number of hydrogen-bond acceptors (Lipinski definition) is 4. The molecule has 0 aliphatic heterocycles. The van der Waals surface area contributed by atoms with Crippen LogP contribution in [-0.4, -0.2) is 25.8 Å². The average Bonchev–Trinajstić information content (AvgIpc) is 2.54. The van der Waals surface area contributed by atoms with Gasteiger partial charge in [0, 0.05) is 19.7 Å². The lowest BCUT2D eigenvalue weighted by Gasteiger charge is -2.21. The molecule has 0 aromatic heterocycles. The Morgan fingerprint density at radius 3 is 2.35 bits per heavy atom. The number of nitrogen functional groups attached to an aromatic ring is 1. The van der Waals surface area contributed by atoms with Gasteiger partial charge >= 0.3 is 6.09 Å². The molecule has 5 nitrogen and oxygen atoms in total. The van der Waals surface area contributed by atoms with Crippen LogP contribution < -0.4 is 16.0 Å². The molecule has 2 rings (SSSR count). The van der Waals surface area contributed by atoms with Crippen LogP contribution in [0.5, 0.6) is 0 Å². The van der Waals surface area contributed by atoms with Crippen molar-refractivity contribution in [1.82, 2.24) is 0 Å². The van der Waals surface area contributed by atoms with E-state index in [4.69, 9.17) is 10.5 Å². The van der Waals surface area contributed by atoms with Crippen LogP contribution in [-0.2, 0) is 4.74 Å². The van der Waals surface area contributed by atoms with Gasteiger partial charge < -0.3 is 15.4 Å². The summed E-state index contributed by atoms with van der Waals surface area (Å²) in [5, 5.41) is 2.70. The summed E-state index contributed by atoms with van der Waals surface area (Å²) >= 11 is 0. The number of nitrogens with zero attached hydrogens (tertiary/aromatic N) is 1. The van der Waals surface area contributed by atoms with Gasteiger partial charge in [0.25, 0.3) is 0 Å². The van der Waals surface area contributed by atoms with E-state index in [2.05, 4.69) is 17.2 Å². The number of amides is 1. The molecule has 5 heteroatoms. The van der Waals surface area contributed by atoms with Gasteiger partial charge in [-0.25, -0.2) is 4.79 Å². The smallest absolute Gasteiger partial charge is 0.412 e. The molecule has 0 radical (unpaired) electrons. The quantitative estimate of drug-likeness (QED) is 0.632. The minimum absolute atomic E-state index is 0.429. The molecule has 0 aliphatic rings. The number of nitrogens with one attached hydrogen (secondary N) is 1. The molecule has 2 aromatic carbocycles. The Hall–Kier alpha value is -3.13. The Bertz CT molecular complexity index is 841. The first kappa shape index (κ1) is 19.2. The first-order valence-electron chi connectivity index (χ1n) is 8.33. The molecule has 0 heterocycles. The summed E-state index contributed by atoms with van der Waals surface area (Å²) in [6.07, 6.45) is -0.544. The second-order valence-electron chi connectivity index (χ2n) is 7.09. The summed E-state index contributed by atoms with van der Waals surface area (Å²) in [4.78, 5) is 14.0. The third-order valence-corrected chi connectivity index (χ3v) is 3.40. The lowest BCUT2D eigenvalue weighted by atomic mass is 10.1. The zero-order valence-electron chi connectivity index (χ0n) is 15.9. The SMILES string of the molecule is CN(C)c1cc(NC(=O)OC(C)(C)C)c(N)cc1C#Cc1ccccc1. The van der Waals surface area contributed by atoms with Crippen molar-refractivity contribution < 1.29 is 9.53 Å². The van der Waals surface area contributed by atoms with Crippen LogP contribution in [0.15, 0.2) is 42.5 Å². The van der Waals surface area contributed by atoms with E-state index in [1.165, 1.54) is 0 Å². The van der Waals surface area contributed by atoms with Gasteiger partial charge in [-0.05, 0) is 45.0 Å². The Morgan fingerprint density at radius 1 is 1.12 bits per heavy atom. The fourth-order valence-corrected chi connectivity index (χ4v) is 2.26. The van der Waals surface area contributed by atoms with Crippen molar-refractivity contribution in [2.75, 3.05) is 30.0 Å². The molecule has 3 N–H and O–H groups in total. The predicted octanol–water partition coefficient (Wildman–Crippen LogP) is 4.08. The maximum Gasteiger partial charge on any atom is 0.412 e. The van der Waals surface area contributed by atoms with E-state index in [0.29, 0.717) is 11.4 Å². The van der Waals surface area contributed by atoms with Crippen LogP contribution in [0.4, 0.5) is 21.9 Å². The summed E-state index contributed by atoms with van der Waals surface area (Å²) in [6.45, 7) is 5.43. The average molecular weight is 351 g/mol. The van der Waals surface area contributed by atoms with Crippen LogP contribution in [0.25, 0.3) is 0 Å². The maximum absolute atomic E-state index is 12.0. The second-order valence-corrected chi connectivity index (χ2v) is 7.09. The Labute approximate surface area is 155 Å². The van der Waals surface area contributed by atoms with Crippen LogP contribution in [0.3, 0.4) is 0 Å². The highest BCUT2D eigenvalue weighted by Crippen LogP contribution is 2.29. The van der Waals surface area contributed by atoms with Crippen molar-refractivity contribution in [3.63, 3.8) is 0 Å². The maximum atomic E-state index is 12.0. The van der Waals surface area contributed by atoms with Gasteiger partial charge in [0.2, 0.25) is 0 Å². The molecule has 0 unspecified atom stereocenters. The number of benzene rings is 2. The Balaban J connectivity index is 2.33. The number of ether oxygens (including phenoxy) is 1. The van der Waals surface area contributed by atoms with Crippen LogP contribution in [0, 0.1) is 11.8 Å². The number of carbonyl (C=O) groups is 1. The number of nitrogens with two attached hydrogens (primary N) is 1. The lowest BCUT2D eigenvalue weighted by molar-refractivity contribution is 0.0636. The van der Waals surface area contributed by atoms with E-state index < -0.39 is 11.7 Å². The van der Waals surface area contributed by atoms with Gasteiger partial charge in [-0.1, -0.05) is 30.0 Å². The molecule has 0 bridgehead atoms. The first-order chi connectivity index (χ1) is 12.2. The molecule has 0 fully saturated rings. The van der Waals surface area contributed by atoms with Crippen LogP contribution >= 0.6 is 0 Å². The molecule has 0 aliphatic carbocycles. The molecular weight excluding hydrogens is 326 g/mol. The zero-order valence-corrected chi connectivity index (χ0v) is 15.9. The monoisotopic (exact) mass is 351 g/mol. The fourth-order valence-electron chi connectivity index (χ4n) is 2.26. The van der Waals surface area contributed by atoms with E-state index >= 15 is 0 Å². The minimum atomic E-state index is -0.579. The molecule has 0 atom stereocenters. The van der Waals surface area contributed by atoms with E-state index in [-0.39, 0.29) is 0 Å². The van der Waals surface area contributed by atoms with E-state index in [1.807, 2.05) is 70.1 Å². The fraction of sp³-hybridized carbons (Fsp3) is 0.286. The largest absolute Gasteiger partial charge is 0.444 e. The zero-order chi connectivity index (χ0) is 19.3. The normalized spacial score (nSPS) is 10.5. The van der Waals surface area contributed by atoms with Gasteiger partial charge in [0.05, 0.1) is 22.6 Å². The summed E-state index contributed by atoms with van der Waals surface area (Å²) in [6, 6.07) is 13.3. The molecule has 0 saturated carbocycles. The molecule has 2 aromatic rings. The van der Waals surface area contributed by atoms with Crippen molar-refractivity contribution in [3.8, 4) is 11.8 Å². The summed E-state index contributed by atoms with van der Waals surface area (Å²) < 4.78 is 5.29. The van der Waals surface area contributed by atoms with E-state index in [1.54, 1.807) is 12.1 Å². The van der Waals surface area contributed by atoms with Gasteiger partial charge in [-0.2, -0.15) is 0 Å². The second kappa shape index (κ2) is 7.83. The number of hydrogen-bond donors (Lipinski definition) is 2. The van der Waals surface area contributed by atoms with E-state index in [9.17, 15) is 4.79 Å². The van der Waals surface area contributed by atoms with Gasteiger partial charge in [-0.3, -0.25) is 5.32 Å². The van der Waals surface area contributed by atoms with Crippen molar-refractivity contribution in [2.24, 2.45) is 0 Å². The Morgan fingerprint density at radius 2 is 1.77 bits per heavy atom. The molecule has 0 saturated heterocycles. The Kier molecular flexibility index (Phi) is 5.78. The minimum Gasteiger partial charge on any atom is -0.444 e. The number of anilines is 3. The molecule has 26 heavy (non-hydrogen) atoms. The molecular formula is C21H25N3O2. The van der Waals surface area contributed by atoms with Crippen LogP contribution in [0.1, 0.15) is 31.9 Å². The molecule has 136 valence electrons. The summed E-state index contributed by atoms with van der Waals surface area (Å²) in [5.74, 6) is 6.29. The first-order valence-corrected chi connectivity index (χ1v) is 8.33. The topological polar surface area (TPSA) is 67.6 Å². The highest BCUT2D eigenvalue weighted by Gasteiger charge is 2.18. The van der Waals surface area contributed by atoms with Gasteiger partial charge in [0.1, 0.15) is 5.60 Å². The summed E-state index contributed by atoms with van der Waals surface area (Å²) in [5.41, 5.74) is 9.02. The van der Waals surface area contributed by atoms with Crippen molar-refractivity contribution in [2.45, 2.75) is 26.4 Å². The van der Waals surface area contributed by atoms with Gasteiger partial charge in [0.15, 0.2) is 0 Å². The highest BCUT2D eigenvalue weighted by atomic mass is 16.6.